The third-order valence-electron chi connectivity index (χ3n) is 3.13. The summed E-state index contributed by atoms with van der Waals surface area (Å²) >= 11 is 0. The first-order valence-corrected chi connectivity index (χ1v) is 6.54. The summed E-state index contributed by atoms with van der Waals surface area (Å²) in [6.45, 7) is 1.49. The molecule has 1 aromatic carbocycles. The summed E-state index contributed by atoms with van der Waals surface area (Å²) in [6, 6.07) is 7.58. The molecule has 2 heterocycles. The molecule has 0 radical (unpaired) electrons. The van der Waals surface area contributed by atoms with Gasteiger partial charge in [-0.2, -0.15) is 0 Å². The number of amides is 1. The Morgan fingerprint density at radius 2 is 1.71 bits per heavy atom. The first-order chi connectivity index (χ1) is 10.1. The van der Waals surface area contributed by atoms with E-state index in [9.17, 15) is 4.79 Å². The molecule has 0 bridgehead atoms. The van der Waals surface area contributed by atoms with Gasteiger partial charge in [0.05, 0.1) is 0 Å². The van der Waals surface area contributed by atoms with Gasteiger partial charge in [0.2, 0.25) is 5.91 Å². The maximum atomic E-state index is 11.0. The van der Waals surface area contributed by atoms with Gasteiger partial charge in [-0.25, -0.2) is 9.97 Å². The Morgan fingerprint density at radius 3 is 2.33 bits per heavy atom. The Labute approximate surface area is 122 Å². The molecule has 1 N–H and O–H groups in total. The summed E-state index contributed by atoms with van der Waals surface area (Å²) in [7, 11) is 1.93. The predicted molar refractivity (Wildman–Crippen MR) is 80.1 cm³/mol. The van der Waals surface area contributed by atoms with Crippen LogP contribution in [0.3, 0.4) is 0 Å². The van der Waals surface area contributed by atoms with Crippen LogP contribution in [0.4, 0.5) is 5.69 Å². The monoisotopic (exact) mass is 281 g/mol. The highest BCUT2D eigenvalue weighted by Crippen LogP contribution is 2.20. The molecule has 6 heteroatoms. The van der Waals surface area contributed by atoms with Crippen molar-refractivity contribution in [1.82, 2.24) is 19.1 Å². The lowest BCUT2D eigenvalue weighted by molar-refractivity contribution is -0.114. The molecule has 0 unspecified atom stereocenters. The zero-order chi connectivity index (χ0) is 14.8. The zero-order valence-corrected chi connectivity index (χ0v) is 11.8. The van der Waals surface area contributed by atoms with Crippen LogP contribution in [-0.4, -0.2) is 25.0 Å². The first-order valence-electron chi connectivity index (χ1n) is 6.54. The summed E-state index contributed by atoms with van der Waals surface area (Å²) in [5.41, 5.74) is 1.73. The fourth-order valence-electron chi connectivity index (χ4n) is 2.17. The van der Waals surface area contributed by atoms with Crippen LogP contribution in [0.15, 0.2) is 49.1 Å². The lowest BCUT2D eigenvalue weighted by Gasteiger charge is -2.09. The quantitative estimate of drug-likeness (QED) is 0.800. The highest BCUT2D eigenvalue weighted by atomic mass is 16.1. The Morgan fingerprint density at radius 1 is 1.05 bits per heavy atom. The van der Waals surface area contributed by atoms with Gasteiger partial charge in [-0.1, -0.05) is 0 Å². The minimum absolute atomic E-state index is 0.0842. The number of hydrogen-bond donors (Lipinski definition) is 1. The summed E-state index contributed by atoms with van der Waals surface area (Å²) in [6.07, 6.45) is 7.26. The van der Waals surface area contributed by atoms with E-state index in [0.717, 1.165) is 23.0 Å². The molecule has 0 spiro atoms. The van der Waals surface area contributed by atoms with E-state index in [4.69, 9.17) is 0 Å². The van der Waals surface area contributed by atoms with Crippen molar-refractivity contribution < 1.29 is 4.79 Å². The van der Waals surface area contributed by atoms with Gasteiger partial charge in [0.25, 0.3) is 0 Å². The van der Waals surface area contributed by atoms with Crippen molar-refractivity contribution in [1.29, 1.82) is 0 Å². The number of nitrogens with zero attached hydrogens (tertiary/aromatic N) is 4. The highest BCUT2D eigenvalue weighted by Gasteiger charge is 2.11. The van der Waals surface area contributed by atoms with E-state index < -0.39 is 0 Å². The van der Waals surface area contributed by atoms with Crippen LogP contribution < -0.4 is 5.32 Å². The standard InChI is InChI=1S/C15H15N5O/c1-11(21)18-12-3-5-13(6-4-12)20-10-8-17-15(20)14-16-7-9-19(14)2/h3-10H,1-2H3,(H,18,21). The Kier molecular flexibility index (Phi) is 3.27. The van der Waals surface area contributed by atoms with Crippen LogP contribution in [0.2, 0.25) is 0 Å². The number of hydrogen-bond acceptors (Lipinski definition) is 3. The van der Waals surface area contributed by atoms with E-state index >= 15 is 0 Å². The second kappa shape index (κ2) is 5.24. The second-order valence-electron chi connectivity index (χ2n) is 4.71. The molecule has 106 valence electrons. The van der Waals surface area contributed by atoms with Gasteiger partial charge in [-0.05, 0) is 24.3 Å². The summed E-state index contributed by atoms with van der Waals surface area (Å²) in [4.78, 5) is 19.7. The van der Waals surface area contributed by atoms with Crippen LogP contribution in [-0.2, 0) is 11.8 Å². The molecule has 0 aliphatic carbocycles. The molecule has 21 heavy (non-hydrogen) atoms. The average molecular weight is 281 g/mol. The van der Waals surface area contributed by atoms with Crippen molar-refractivity contribution >= 4 is 11.6 Å². The van der Waals surface area contributed by atoms with Crippen molar-refractivity contribution in [2.24, 2.45) is 7.05 Å². The number of nitrogens with one attached hydrogen (secondary N) is 1. The summed E-state index contributed by atoms with van der Waals surface area (Å²) in [5, 5.41) is 2.75. The number of aryl methyl sites for hydroxylation is 1. The van der Waals surface area contributed by atoms with Gasteiger partial charge < -0.3 is 9.88 Å². The SMILES string of the molecule is CC(=O)Nc1ccc(-n2ccnc2-c2nccn2C)cc1. The Hall–Kier alpha value is -2.89. The highest BCUT2D eigenvalue weighted by molar-refractivity contribution is 5.88. The van der Waals surface area contributed by atoms with Crippen LogP contribution in [0.25, 0.3) is 17.3 Å². The van der Waals surface area contributed by atoms with Gasteiger partial charge in [0.15, 0.2) is 11.6 Å². The lowest BCUT2D eigenvalue weighted by Crippen LogP contribution is -2.06. The van der Waals surface area contributed by atoms with E-state index in [2.05, 4.69) is 15.3 Å². The topological polar surface area (TPSA) is 64.7 Å². The molecule has 0 saturated heterocycles. The van der Waals surface area contributed by atoms with E-state index in [1.54, 1.807) is 12.4 Å². The van der Waals surface area contributed by atoms with Gasteiger partial charge in [0, 0.05) is 50.1 Å². The maximum Gasteiger partial charge on any atom is 0.221 e. The van der Waals surface area contributed by atoms with Crippen molar-refractivity contribution in [3.8, 4) is 17.3 Å². The number of carbonyl (C=O) groups is 1. The van der Waals surface area contributed by atoms with Gasteiger partial charge >= 0.3 is 0 Å². The fraction of sp³-hybridized carbons (Fsp3) is 0.133. The lowest BCUT2D eigenvalue weighted by atomic mass is 10.2. The third kappa shape index (κ3) is 2.55. The number of carbonyl (C=O) groups excluding carboxylic acids is 1. The van der Waals surface area contributed by atoms with E-state index in [1.165, 1.54) is 6.92 Å². The molecule has 6 nitrogen and oxygen atoms in total. The molecule has 0 aliphatic heterocycles. The fourth-order valence-corrected chi connectivity index (χ4v) is 2.17. The molecule has 3 rings (SSSR count). The van der Waals surface area contributed by atoms with Crippen LogP contribution in [0.1, 0.15) is 6.92 Å². The number of aromatic nitrogens is 4. The summed E-state index contributed by atoms with van der Waals surface area (Å²) < 4.78 is 3.88. The largest absolute Gasteiger partial charge is 0.331 e. The van der Waals surface area contributed by atoms with Gasteiger partial charge in [0.1, 0.15) is 0 Å². The van der Waals surface area contributed by atoms with Crippen molar-refractivity contribution in [2.75, 3.05) is 5.32 Å². The van der Waals surface area contributed by atoms with Crippen LogP contribution >= 0.6 is 0 Å². The van der Waals surface area contributed by atoms with E-state index in [1.807, 2.05) is 52.8 Å². The minimum Gasteiger partial charge on any atom is -0.331 e. The predicted octanol–water partition coefficient (Wildman–Crippen LogP) is 2.23. The van der Waals surface area contributed by atoms with E-state index in [0.29, 0.717) is 0 Å². The van der Waals surface area contributed by atoms with Crippen molar-refractivity contribution in [3.63, 3.8) is 0 Å². The molecule has 1 amide bonds. The Balaban J connectivity index is 1.97. The number of benzene rings is 1. The average Bonchev–Trinajstić information content (AvgIpc) is 3.07. The zero-order valence-electron chi connectivity index (χ0n) is 11.8. The third-order valence-corrected chi connectivity index (χ3v) is 3.13. The van der Waals surface area contributed by atoms with Crippen molar-refractivity contribution in [2.45, 2.75) is 6.92 Å². The minimum atomic E-state index is -0.0842. The van der Waals surface area contributed by atoms with E-state index in [-0.39, 0.29) is 5.91 Å². The molecule has 0 saturated carbocycles. The van der Waals surface area contributed by atoms with Gasteiger partial charge in [-0.3, -0.25) is 9.36 Å². The van der Waals surface area contributed by atoms with Gasteiger partial charge in [-0.15, -0.1) is 0 Å². The summed E-state index contributed by atoms with van der Waals surface area (Å²) in [5.74, 6) is 1.49. The first kappa shape index (κ1) is 13.1. The van der Waals surface area contributed by atoms with Crippen molar-refractivity contribution in [3.05, 3.63) is 49.1 Å². The molecular weight excluding hydrogens is 266 g/mol. The number of anilines is 1. The Bertz CT molecular complexity index is 769. The number of imidazole rings is 2. The second-order valence-corrected chi connectivity index (χ2v) is 4.71. The molecule has 0 aliphatic rings. The maximum absolute atomic E-state index is 11.0. The molecule has 0 fully saturated rings. The van der Waals surface area contributed by atoms with Crippen LogP contribution in [0, 0.1) is 0 Å². The molecule has 0 atom stereocenters. The molecule has 2 aromatic heterocycles. The van der Waals surface area contributed by atoms with Crippen LogP contribution in [0.5, 0.6) is 0 Å². The molecule has 3 aromatic rings. The number of rotatable bonds is 3. The smallest absolute Gasteiger partial charge is 0.221 e. The normalized spacial score (nSPS) is 10.6. The molecular formula is C15H15N5O.